The van der Waals surface area contributed by atoms with Crippen LogP contribution in [0.4, 0.5) is 9.59 Å². The van der Waals surface area contributed by atoms with E-state index in [2.05, 4.69) is 65.3 Å². The minimum atomic E-state index is -2.10. The number of hydrogen-bond donors (Lipinski definition) is 3. The van der Waals surface area contributed by atoms with Gasteiger partial charge in [0.1, 0.15) is 11.2 Å². The fourth-order valence-electron chi connectivity index (χ4n) is 4.53. The predicted octanol–water partition coefficient (Wildman–Crippen LogP) is 6.77. The summed E-state index contributed by atoms with van der Waals surface area (Å²) in [5.74, 6) is -0.179. The van der Waals surface area contributed by atoms with Gasteiger partial charge in [0, 0.05) is 26.2 Å². The van der Waals surface area contributed by atoms with Gasteiger partial charge < -0.3 is 39.6 Å². The van der Waals surface area contributed by atoms with Gasteiger partial charge in [-0.25, -0.2) is 9.59 Å². The number of carbonyl (C=O) groups excluding carboxylic acids is 3. The van der Waals surface area contributed by atoms with Crippen molar-refractivity contribution in [2.24, 2.45) is 5.73 Å². The molecule has 0 aromatic carbocycles. The van der Waals surface area contributed by atoms with Crippen LogP contribution in [0.15, 0.2) is 0 Å². The van der Waals surface area contributed by atoms with Crippen molar-refractivity contribution in [1.82, 2.24) is 15.5 Å². The van der Waals surface area contributed by atoms with Crippen LogP contribution in [-0.2, 0) is 23.1 Å². The van der Waals surface area contributed by atoms with Gasteiger partial charge in [0.25, 0.3) is 0 Å². The first-order valence-corrected chi connectivity index (χ1v) is 22.6. The van der Waals surface area contributed by atoms with E-state index < -0.39 is 52.2 Å². The maximum absolute atomic E-state index is 13.9. The van der Waals surface area contributed by atoms with Gasteiger partial charge in [-0.15, -0.1) is 0 Å². The largest absolute Gasteiger partial charge is 0.444 e. The van der Waals surface area contributed by atoms with E-state index in [4.69, 9.17) is 24.1 Å². The summed E-state index contributed by atoms with van der Waals surface area (Å²) in [5.41, 5.74) is 5.29. The Morgan fingerprint density at radius 3 is 1.76 bits per heavy atom. The molecular weight excluding hydrogens is 621 g/mol. The molecule has 1 unspecified atom stereocenters. The summed E-state index contributed by atoms with van der Waals surface area (Å²) in [6.07, 6.45) is 0.382. The SMILES string of the molecule is CC[Si](CC)(CC)OC(CNC(=O)OC(C)(C)C)CN(CCO[Si](C)(C)C(C)(C)C)C(=O)[C@@H](N)CCCCNC(=O)OC(C)(C)C. The molecule has 272 valence electrons. The van der Waals surface area contributed by atoms with Gasteiger partial charge in [-0.05, 0) is 97.1 Å². The Bertz CT molecular complexity index is 918. The molecular formula is C33H70N4O7Si2. The number of amides is 3. The summed E-state index contributed by atoms with van der Waals surface area (Å²) in [4.78, 5) is 40.2. The lowest BCUT2D eigenvalue weighted by molar-refractivity contribution is -0.134. The second-order valence-corrected chi connectivity index (χ2v) is 25.3. The van der Waals surface area contributed by atoms with Gasteiger partial charge >= 0.3 is 12.2 Å². The highest BCUT2D eigenvalue weighted by Crippen LogP contribution is 2.36. The van der Waals surface area contributed by atoms with Crippen LogP contribution in [0.1, 0.15) is 102 Å². The molecule has 13 heteroatoms. The molecule has 0 aliphatic heterocycles. The summed E-state index contributed by atoms with van der Waals surface area (Å²) in [6, 6.07) is 2.08. The van der Waals surface area contributed by atoms with E-state index in [1.807, 2.05) is 41.5 Å². The fraction of sp³-hybridized carbons (Fsp3) is 0.909. The zero-order chi connectivity index (χ0) is 36.0. The molecule has 0 saturated heterocycles. The van der Waals surface area contributed by atoms with Crippen molar-refractivity contribution in [3.05, 3.63) is 0 Å². The van der Waals surface area contributed by atoms with Crippen LogP contribution < -0.4 is 16.4 Å². The topological polar surface area (TPSA) is 141 Å². The predicted molar refractivity (Wildman–Crippen MR) is 192 cm³/mol. The Labute approximate surface area is 283 Å². The van der Waals surface area contributed by atoms with Gasteiger partial charge in [-0.2, -0.15) is 0 Å². The summed E-state index contributed by atoms with van der Waals surface area (Å²) >= 11 is 0. The van der Waals surface area contributed by atoms with E-state index in [0.717, 1.165) is 18.1 Å². The lowest BCUT2D eigenvalue weighted by Gasteiger charge is -2.38. The van der Waals surface area contributed by atoms with Crippen LogP contribution in [0.3, 0.4) is 0 Å². The third-order valence-electron chi connectivity index (χ3n) is 8.52. The molecule has 0 spiro atoms. The Balaban J connectivity index is 5.83. The summed E-state index contributed by atoms with van der Waals surface area (Å²) in [6.45, 7) is 30.0. The van der Waals surface area contributed by atoms with Crippen LogP contribution in [0.5, 0.6) is 0 Å². The van der Waals surface area contributed by atoms with E-state index in [0.29, 0.717) is 39.0 Å². The average Bonchev–Trinajstić information content (AvgIpc) is 2.90. The molecule has 0 aromatic heterocycles. The summed E-state index contributed by atoms with van der Waals surface area (Å²) in [5, 5.41) is 5.66. The smallest absolute Gasteiger partial charge is 0.407 e. The lowest BCUT2D eigenvalue weighted by Crippen LogP contribution is -2.54. The molecule has 0 fully saturated rings. The van der Waals surface area contributed by atoms with Crippen LogP contribution >= 0.6 is 0 Å². The fourth-order valence-corrected chi connectivity index (χ4v) is 8.42. The number of alkyl carbamates (subject to hydrolysis) is 2. The first-order chi connectivity index (χ1) is 20.9. The van der Waals surface area contributed by atoms with Gasteiger partial charge in [-0.1, -0.05) is 41.5 Å². The first-order valence-electron chi connectivity index (χ1n) is 17.2. The van der Waals surface area contributed by atoms with Gasteiger partial charge in [0.05, 0.1) is 18.8 Å². The molecule has 2 atom stereocenters. The maximum Gasteiger partial charge on any atom is 0.407 e. The van der Waals surface area contributed by atoms with Gasteiger partial charge in [0.15, 0.2) is 16.6 Å². The van der Waals surface area contributed by atoms with E-state index in [1.54, 1.807) is 4.90 Å². The molecule has 4 N–H and O–H groups in total. The molecule has 3 amide bonds. The molecule has 0 heterocycles. The molecule has 0 aliphatic carbocycles. The van der Waals surface area contributed by atoms with Crippen molar-refractivity contribution in [3.8, 4) is 0 Å². The highest BCUT2D eigenvalue weighted by molar-refractivity contribution is 6.74. The number of nitrogens with zero attached hydrogens (tertiary/aromatic N) is 1. The van der Waals surface area contributed by atoms with Crippen LogP contribution in [0, 0.1) is 0 Å². The first kappa shape index (κ1) is 44.3. The second kappa shape index (κ2) is 19.4. The highest BCUT2D eigenvalue weighted by Gasteiger charge is 2.38. The van der Waals surface area contributed by atoms with E-state index >= 15 is 0 Å². The Morgan fingerprint density at radius 2 is 1.30 bits per heavy atom. The zero-order valence-electron chi connectivity index (χ0n) is 31.8. The number of nitrogens with one attached hydrogen (secondary N) is 2. The van der Waals surface area contributed by atoms with Crippen molar-refractivity contribution in [1.29, 1.82) is 0 Å². The van der Waals surface area contributed by atoms with Gasteiger partial charge in [-0.3, -0.25) is 4.79 Å². The van der Waals surface area contributed by atoms with Gasteiger partial charge in [0.2, 0.25) is 5.91 Å². The highest BCUT2D eigenvalue weighted by atomic mass is 28.4. The Morgan fingerprint density at radius 1 is 0.804 bits per heavy atom. The van der Waals surface area contributed by atoms with Crippen molar-refractivity contribution in [2.75, 3.05) is 32.8 Å². The Hall–Kier alpha value is -1.68. The molecule has 11 nitrogen and oxygen atoms in total. The maximum atomic E-state index is 13.9. The quantitative estimate of drug-likeness (QED) is 0.0996. The molecule has 0 rings (SSSR count). The van der Waals surface area contributed by atoms with E-state index in [-0.39, 0.29) is 24.0 Å². The normalized spacial score (nSPS) is 14.3. The monoisotopic (exact) mass is 690 g/mol. The van der Waals surface area contributed by atoms with Crippen LogP contribution in [0.2, 0.25) is 36.3 Å². The number of unbranched alkanes of at least 4 members (excludes halogenated alkanes) is 1. The Kier molecular flexibility index (Phi) is 18.6. The second-order valence-electron chi connectivity index (χ2n) is 15.8. The van der Waals surface area contributed by atoms with Crippen molar-refractivity contribution in [3.63, 3.8) is 0 Å². The molecule has 0 aromatic rings. The third-order valence-corrected chi connectivity index (χ3v) is 17.8. The molecule has 0 bridgehead atoms. The lowest BCUT2D eigenvalue weighted by atomic mass is 10.1. The number of ether oxygens (including phenoxy) is 2. The van der Waals surface area contributed by atoms with Crippen LogP contribution in [0.25, 0.3) is 0 Å². The zero-order valence-corrected chi connectivity index (χ0v) is 33.8. The van der Waals surface area contributed by atoms with Crippen molar-refractivity contribution in [2.45, 2.75) is 162 Å². The number of carbonyl (C=O) groups is 3. The third kappa shape index (κ3) is 18.0. The molecule has 0 radical (unpaired) electrons. The van der Waals surface area contributed by atoms with Crippen molar-refractivity contribution < 1.29 is 32.7 Å². The minimum absolute atomic E-state index is 0.0309. The molecule has 46 heavy (non-hydrogen) atoms. The molecule has 0 saturated carbocycles. The minimum Gasteiger partial charge on any atom is -0.444 e. The average molecular weight is 691 g/mol. The number of hydrogen-bond acceptors (Lipinski definition) is 8. The summed E-state index contributed by atoms with van der Waals surface area (Å²) < 4.78 is 24.1. The number of rotatable bonds is 19. The van der Waals surface area contributed by atoms with Crippen molar-refractivity contribution >= 4 is 34.7 Å². The standard InChI is InChI=1S/C33H70N4O7Si2/c1-15-46(16-2,17-3)44-26(24-36-30(40)43-32(7,8)9)25-37(22-23-41-45(13,14)33(10,11)12)28(38)27(34)20-18-19-21-35-29(39)42-31(4,5)6/h26-27H,15-25,34H2,1-14H3,(H,35,39)(H,36,40)/t26?,27-/m0/s1. The molecule has 0 aliphatic rings. The summed E-state index contributed by atoms with van der Waals surface area (Å²) in [7, 11) is -4.15. The van der Waals surface area contributed by atoms with E-state index in [9.17, 15) is 14.4 Å². The number of nitrogens with two attached hydrogens (primary N) is 1. The van der Waals surface area contributed by atoms with Crippen LogP contribution in [-0.4, -0.2) is 95.8 Å². The van der Waals surface area contributed by atoms with E-state index in [1.165, 1.54) is 0 Å².